The molecule has 0 saturated heterocycles. The molecule has 8 nitrogen and oxygen atoms in total. The maximum absolute atomic E-state index is 12.4. The van der Waals surface area contributed by atoms with Gasteiger partial charge in [0, 0.05) is 0 Å². The number of sulfone groups is 1. The average molecular weight is 352 g/mol. The number of rotatable bonds is 2. The van der Waals surface area contributed by atoms with Crippen LogP contribution < -0.4 is 0 Å². The van der Waals surface area contributed by atoms with Gasteiger partial charge in [-0.1, -0.05) is 0 Å². The lowest BCUT2D eigenvalue weighted by atomic mass is 10.1. The number of fused-ring (bicyclic) bond motifs is 1. The molecule has 2 aliphatic rings. The van der Waals surface area contributed by atoms with Crippen molar-refractivity contribution in [3.63, 3.8) is 0 Å². The molecule has 0 aromatic carbocycles. The Balaban J connectivity index is 2.06. The third-order valence-corrected chi connectivity index (χ3v) is 6.04. The van der Waals surface area contributed by atoms with Crippen molar-refractivity contribution in [2.45, 2.75) is 19.1 Å². The van der Waals surface area contributed by atoms with Gasteiger partial charge in [-0.3, -0.25) is 10.2 Å². The lowest BCUT2D eigenvalue weighted by Gasteiger charge is -2.25. The van der Waals surface area contributed by atoms with Crippen LogP contribution in [0.3, 0.4) is 0 Å². The average Bonchev–Trinajstić information content (AvgIpc) is 3.12. The lowest BCUT2D eigenvalue weighted by molar-refractivity contribution is -0.114. The van der Waals surface area contributed by atoms with Gasteiger partial charge in [-0.25, -0.2) is 13.3 Å². The topological polar surface area (TPSA) is 116 Å². The molecule has 23 heavy (non-hydrogen) atoms. The Hall–Kier alpha value is -2.20. The van der Waals surface area contributed by atoms with E-state index in [1.807, 2.05) is 0 Å². The molecule has 2 aliphatic heterocycles. The summed E-state index contributed by atoms with van der Waals surface area (Å²) >= 11 is 0.769. The van der Waals surface area contributed by atoms with Crippen LogP contribution in [-0.2, 0) is 14.6 Å². The third kappa shape index (κ3) is 2.53. The fourth-order valence-electron chi connectivity index (χ4n) is 1.91. The van der Waals surface area contributed by atoms with Gasteiger partial charge in [-0.05, 0) is 32.1 Å². The number of carbonyl (C=O) groups is 1. The van der Waals surface area contributed by atoms with E-state index < -0.39 is 21.0 Å². The molecular weight excluding hydrogens is 340 g/mol. The van der Waals surface area contributed by atoms with Gasteiger partial charge < -0.3 is 4.42 Å². The van der Waals surface area contributed by atoms with Crippen LogP contribution >= 0.6 is 11.9 Å². The molecule has 1 amide bonds. The first-order valence-electron chi connectivity index (χ1n) is 6.58. The SMILES string of the molecule is CC(C)S(=O)(=O)C1=NSC2=NC(=O)C(=Cc3ccco3)C(=N)N21. The molecule has 0 aliphatic carbocycles. The number of hydrogen-bond acceptors (Lipinski definition) is 7. The van der Waals surface area contributed by atoms with Gasteiger partial charge in [0.2, 0.25) is 20.2 Å². The number of nitrogens with one attached hydrogen (secondary N) is 1. The van der Waals surface area contributed by atoms with E-state index in [9.17, 15) is 13.2 Å². The Morgan fingerprint density at radius 3 is 2.78 bits per heavy atom. The first-order valence-corrected chi connectivity index (χ1v) is 8.90. The standard InChI is InChI=1S/C13H12N4O4S2/c1-7(2)23(19,20)13-16-22-12-15-11(18)9(10(14)17(12)13)6-8-4-3-5-21-8/h3-7,14H,1-2H3. The molecule has 0 atom stereocenters. The first kappa shape index (κ1) is 15.7. The van der Waals surface area contributed by atoms with Crippen molar-refractivity contribution in [3.05, 3.63) is 29.7 Å². The number of hydrogen-bond donors (Lipinski definition) is 1. The summed E-state index contributed by atoms with van der Waals surface area (Å²) < 4.78 is 33.8. The molecule has 0 radical (unpaired) electrons. The zero-order chi connectivity index (χ0) is 16.8. The molecule has 0 saturated carbocycles. The quantitative estimate of drug-likeness (QED) is 0.639. The molecule has 3 rings (SSSR count). The summed E-state index contributed by atoms with van der Waals surface area (Å²) in [5, 5.41) is 7.30. The predicted octanol–water partition coefficient (Wildman–Crippen LogP) is 1.68. The molecule has 1 N–H and O–H groups in total. The fourth-order valence-corrected chi connectivity index (χ4v) is 3.97. The number of aliphatic imine (C=N–C) groups is 1. The van der Waals surface area contributed by atoms with Crippen molar-refractivity contribution < 1.29 is 17.6 Å². The highest BCUT2D eigenvalue weighted by Crippen LogP contribution is 2.30. The molecule has 1 aromatic rings. The van der Waals surface area contributed by atoms with Crippen LogP contribution in [0.15, 0.2) is 37.8 Å². The van der Waals surface area contributed by atoms with Crippen LogP contribution in [0.2, 0.25) is 0 Å². The van der Waals surface area contributed by atoms with Gasteiger partial charge in [0.25, 0.3) is 5.91 Å². The van der Waals surface area contributed by atoms with Crippen molar-refractivity contribution in [1.82, 2.24) is 4.90 Å². The second-order valence-corrected chi connectivity index (χ2v) is 8.14. The molecule has 0 bridgehead atoms. The molecule has 1 aromatic heterocycles. The van der Waals surface area contributed by atoms with E-state index >= 15 is 0 Å². The van der Waals surface area contributed by atoms with Crippen LogP contribution in [0.4, 0.5) is 0 Å². The Labute approximate surface area is 136 Å². The molecule has 3 heterocycles. The maximum atomic E-state index is 12.4. The lowest BCUT2D eigenvalue weighted by Crippen LogP contribution is -2.46. The summed E-state index contributed by atoms with van der Waals surface area (Å²) in [5.41, 5.74) is -0.0575. The van der Waals surface area contributed by atoms with Gasteiger partial charge in [0.05, 0.1) is 29.0 Å². The van der Waals surface area contributed by atoms with Crippen LogP contribution in [0.1, 0.15) is 19.6 Å². The Morgan fingerprint density at radius 2 is 2.17 bits per heavy atom. The summed E-state index contributed by atoms with van der Waals surface area (Å²) in [6.07, 6.45) is 2.79. The summed E-state index contributed by atoms with van der Waals surface area (Å²) in [4.78, 5) is 17.0. The molecule has 0 spiro atoms. The molecule has 10 heteroatoms. The second kappa shape index (κ2) is 5.46. The van der Waals surface area contributed by atoms with Crippen LogP contribution in [-0.4, -0.2) is 40.6 Å². The van der Waals surface area contributed by atoms with Crippen molar-refractivity contribution in [2.24, 2.45) is 9.39 Å². The summed E-state index contributed by atoms with van der Waals surface area (Å²) in [6, 6.07) is 3.26. The smallest absolute Gasteiger partial charge is 0.283 e. The summed E-state index contributed by atoms with van der Waals surface area (Å²) in [6.45, 7) is 3.05. The Kier molecular flexibility index (Phi) is 3.72. The monoisotopic (exact) mass is 352 g/mol. The van der Waals surface area contributed by atoms with Crippen molar-refractivity contribution in [1.29, 1.82) is 5.41 Å². The van der Waals surface area contributed by atoms with E-state index in [-0.39, 0.29) is 21.7 Å². The van der Waals surface area contributed by atoms with Gasteiger partial charge in [0.15, 0.2) is 0 Å². The highest BCUT2D eigenvalue weighted by molar-refractivity contribution is 8.16. The van der Waals surface area contributed by atoms with Crippen LogP contribution in [0.5, 0.6) is 0 Å². The van der Waals surface area contributed by atoms with Crippen molar-refractivity contribution in [2.75, 3.05) is 0 Å². The number of amides is 1. The summed E-state index contributed by atoms with van der Waals surface area (Å²) in [7, 11) is -3.71. The number of carbonyl (C=O) groups excluding carboxylic acids is 1. The number of nitrogens with zero attached hydrogens (tertiary/aromatic N) is 3. The Bertz CT molecular complexity index is 879. The van der Waals surface area contributed by atoms with E-state index in [1.54, 1.807) is 12.1 Å². The van der Waals surface area contributed by atoms with E-state index in [2.05, 4.69) is 9.39 Å². The van der Waals surface area contributed by atoms with E-state index in [4.69, 9.17) is 9.83 Å². The minimum absolute atomic E-state index is 0.0575. The highest BCUT2D eigenvalue weighted by atomic mass is 32.2. The minimum atomic E-state index is -3.71. The molecule has 120 valence electrons. The van der Waals surface area contributed by atoms with Crippen molar-refractivity contribution in [3.8, 4) is 0 Å². The normalized spacial score (nSPS) is 20.1. The fraction of sp³-hybridized carbons (Fsp3) is 0.231. The Morgan fingerprint density at radius 1 is 1.43 bits per heavy atom. The highest BCUT2D eigenvalue weighted by Gasteiger charge is 2.43. The molecular formula is C13H12N4O4S2. The van der Waals surface area contributed by atoms with Crippen LogP contribution in [0, 0.1) is 5.41 Å². The van der Waals surface area contributed by atoms with E-state index in [1.165, 1.54) is 26.2 Å². The third-order valence-electron chi connectivity index (χ3n) is 3.20. The summed E-state index contributed by atoms with van der Waals surface area (Å²) in [5.74, 6) is -0.554. The molecule has 0 fully saturated rings. The largest absolute Gasteiger partial charge is 0.465 e. The number of amidine groups is 3. The first-order chi connectivity index (χ1) is 10.8. The van der Waals surface area contributed by atoms with Gasteiger partial charge in [-0.2, -0.15) is 9.39 Å². The van der Waals surface area contributed by atoms with Gasteiger partial charge in [0.1, 0.15) is 11.6 Å². The van der Waals surface area contributed by atoms with Gasteiger partial charge >= 0.3 is 0 Å². The predicted molar refractivity (Wildman–Crippen MR) is 87.8 cm³/mol. The minimum Gasteiger partial charge on any atom is -0.465 e. The molecule has 0 unspecified atom stereocenters. The van der Waals surface area contributed by atoms with Crippen LogP contribution in [0.25, 0.3) is 6.08 Å². The van der Waals surface area contributed by atoms with E-state index in [0.717, 1.165) is 16.8 Å². The number of furan rings is 1. The maximum Gasteiger partial charge on any atom is 0.283 e. The zero-order valence-corrected chi connectivity index (χ0v) is 13.8. The second-order valence-electron chi connectivity index (χ2n) is 5.02. The zero-order valence-electron chi connectivity index (χ0n) is 12.2. The van der Waals surface area contributed by atoms with Crippen molar-refractivity contribution >= 4 is 49.9 Å². The van der Waals surface area contributed by atoms with Gasteiger partial charge in [-0.15, -0.1) is 0 Å². The van der Waals surface area contributed by atoms with E-state index in [0.29, 0.717) is 5.76 Å².